The number of carboxylic acids is 1. The molecule has 0 aromatic carbocycles. The van der Waals surface area contributed by atoms with Crippen LogP contribution >= 0.6 is 0 Å². The summed E-state index contributed by atoms with van der Waals surface area (Å²) in [5.74, 6) is -22.0. The van der Waals surface area contributed by atoms with Crippen LogP contribution in [0.4, 0.5) is 43.9 Å². The van der Waals surface area contributed by atoms with Crippen LogP contribution in [0.3, 0.4) is 0 Å². The first-order valence-corrected chi connectivity index (χ1v) is 6.17. The third kappa shape index (κ3) is 4.42. The number of hydrogen-bond acceptors (Lipinski definition) is 1. The standard InChI is InChI=1S/C11H13F10NO2/c1-22(2,5-7(23)24)4-3-6(12)8(13,14)9(15,16)10(17,18)11(19,20)21/h6H,3-5H2,1-2H3/p+1. The summed E-state index contributed by atoms with van der Waals surface area (Å²) in [5, 5.41) is 8.50. The lowest BCUT2D eigenvalue weighted by atomic mass is 9.97. The van der Waals surface area contributed by atoms with Gasteiger partial charge >= 0.3 is 29.9 Å². The Morgan fingerprint density at radius 2 is 1.38 bits per heavy atom. The highest BCUT2D eigenvalue weighted by Crippen LogP contribution is 2.54. The number of halogens is 10. The maximum Gasteiger partial charge on any atom is 0.460 e. The minimum atomic E-state index is -7.15. The average molecular weight is 382 g/mol. The summed E-state index contributed by atoms with van der Waals surface area (Å²) in [6.07, 6.45) is -12.6. The van der Waals surface area contributed by atoms with Crippen molar-refractivity contribution in [2.45, 2.75) is 36.5 Å². The van der Waals surface area contributed by atoms with Crippen LogP contribution in [0, 0.1) is 0 Å². The molecule has 0 bridgehead atoms. The van der Waals surface area contributed by atoms with Crippen molar-refractivity contribution in [1.29, 1.82) is 0 Å². The SMILES string of the molecule is C[N+](C)(CCC(F)C(F)(F)C(F)(F)C(F)(F)C(F)(F)F)CC(=O)O. The van der Waals surface area contributed by atoms with E-state index >= 15 is 0 Å². The summed E-state index contributed by atoms with van der Waals surface area (Å²) >= 11 is 0. The zero-order valence-electron chi connectivity index (χ0n) is 12.3. The molecule has 0 aromatic heterocycles. The van der Waals surface area contributed by atoms with E-state index in [1.165, 1.54) is 0 Å². The number of alkyl halides is 10. The lowest BCUT2D eigenvalue weighted by Crippen LogP contribution is -2.64. The molecule has 0 fully saturated rings. The second kappa shape index (κ2) is 6.56. The van der Waals surface area contributed by atoms with E-state index in [0.717, 1.165) is 14.1 Å². The second-order valence-corrected chi connectivity index (χ2v) is 5.74. The van der Waals surface area contributed by atoms with E-state index in [4.69, 9.17) is 5.11 Å². The van der Waals surface area contributed by atoms with Gasteiger partial charge in [0.2, 0.25) is 0 Å². The molecule has 0 saturated heterocycles. The van der Waals surface area contributed by atoms with Crippen LogP contribution in [0.2, 0.25) is 0 Å². The lowest BCUT2D eigenvalue weighted by molar-refractivity contribution is -0.883. The minimum Gasteiger partial charge on any atom is -0.477 e. The van der Waals surface area contributed by atoms with E-state index in [9.17, 15) is 48.7 Å². The average Bonchev–Trinajstić information content (AvgIpc) is 2.32. The lowest BCUT2D eigenvalue weighted by Gasteiger charge is -2.36. The molecule has 1 N–H and O–H groups in total. The summed E-state index contributed by atoms with van der Waals surface area (Å²) < 4.78 is 126. The first kappa shape index (κ1) is 22.7. The molecule has 0 aliphatic heterocycles. The first-order chi connectivity index (χ1) is 10.3. The quantitative estimate of drug-likeness (QED) is 0.517. The van der Waals surface area contributed by atoms with Crippen molar-refractivity contribution >= 4 is 5.97 Å². The van der Waals surface area contributed by atoms with Gasteiger partial charge in [0, 0.05) is 6.42 Å². The third-order valence-electron chi connectivity index (χ3n) is 3.11. The molecule has 0 heterocycles. The Labute approximate surface area is 129 Å². The molecule has 0 rings (SSSR count). The van der Waals surface area contributed by atoms with Crippen LogP contribution in [-0.4, -0.2) is 72.9 Å². The van der Waals surface area contributed by atoms with Crippen molar-refractivity contribution in [3.8, 4) is 0 Å². The molecule has 0 amide bonds. The van der Waals surface area contributed by atoms with Gasteiger partial charge in [0.25, 0.3) is 0 Å². The molecule has 0 aromatic rings. The monoisotopic (exact) mass is 382 g/mol. The summed E-state index contributed by atoms with van der Waals surface area (Å²) in [5.41, 5.74) is 0. The predicted molar refractivity (Wildman–Crippen MR) is 59.9 cm³/mol. The minimum absolute atomic E-state index is 0.687. The van der Waals surface area contributed by atoms with Crippen molar-refractivity contribution in [3.05, 3.63) is 0 Å². The Kier molecular flexibility index (Phi) is 6.21. The van der Waals surface area contributed by atoms with Gasteiger partial charge in [-0.2, -0.15) is 39.5 Å². The van der Waals surface area contributed by atoms with Crippen LogP contribution < -0.4 is 0 Å². The summed E-state index contributed by atoms with van der Waals surface area (Å²) in [6.45, 7) is -1.57. The zero-order valence-corrected chi connectivity index (χ0v) is 12.3. The maximum absolute atomic E-state index is 13.4. The summed E-state index contributed by atoms with van der Waals surface area (Å²) in [4.78, 5) is 10.5. The highest BCUT2D eigenvalue weighted by atomic mass is 19.4. The maximum atomic E-state index is 13.4. The topological polar surface area (TPSA) is 37.3 Å². The normalized spacial score (nSPS) is 16.2. The molecule has 24 heavy (non-hydrogen) atoms. The number of nitrogens with zero attached hydrogens (tertiary/aromatic N) is 1. The van der Waals surface area contributed by atoms with Crippen LogP contribution in [0.5, 0.6) is 0 Å². The Morgan fingerprint density at radius 3 is 1.71 bits per heavy atom. The highest BCUT2D eigenvalue weighted by molar-refractivity contribution is 5.67. The number of carbonyl (C=O) groups is 1. The van der Waals surface area contributed by atoms with Crippen molar-refractivity contribution < 1.29 is 58.3 Å². The van der Waals surface area contributed by atoms with Gasteiger partial charge in [-0.15, -0.1) is 0 Å². The third-order valence-corrected chi connectivity index (χ3v) is 3.11. The fourth-order valence-corrected chi connectivity index (χ4v) is 1.67. The fraction of sp³-hybridized carbons (Fsp3) is 0.909. The van der Waals surface area contributed by atoms with Gasteiger partial charge in [-0.05, 0) is 0 Å². The Hall–Kier alpha value is -1.27. The number of quaternary nitrogens is 1. The first-order valence-electron chi connectivity index (χ1n) is 6.17. The van der Waals surface area contributed by atoms with Crippen molar-refractivity contribution in [2.75, 3.05) is 27.2 Å². The molecule has 0 aliphatic carbocycles. The van der Waals surface area contributed by atoms with E-state index < -0.39 is 60.1 Å². The smallest absolute Gasteiger partial charge is 0.460 e. The van der Waals surface area contributed by atoms with Gasteiger partial charge < -0.3 is 9.59 Å². The molecular weight excluding hydrogens is 368 g/mol. The molecule has 0 spiro atoms. The van der Waals surface area contributed by atoms with Gasteiger partial charge in [0.15, 0.2) is 12.7 Å². The molecule has 0 aliphatic rings. The van der Waals surface area contributed by atoms with Crippen molar-refractivity contribution in [1.82, 2.24) is 0 Å². The second-order valence-electron chi connectivity index (χ2n) is 5.74. The number of carboxylic acid groups (broad SMARTS) is 1. The molecule has 144 valence electrons. The summed E-state index contributed by atoms with van der Waals surface area (Å²) in [7, 11) is 2.17. The molecule has 0 saturated carbocycles. The molecule has 13 heteroatoms. The Bertz CT molecular complexity index is 460. The van der Waals surface area contributed by atoms with Crippen molar-refractivity contribution in [2.24, 2.45) is 0 Å². The van der Waals surface area contributed by atoms with E-state index in [2.05, 4.69) is 0 Å². The molecule has 1 atom stereocenters. The van der Waals surface area contributed by atoms with Crippen molar-refractivity contribution in [3.63, 3.8) is 0 Å². The van der Waals surface area contributed by atoms with Crippen LogP contribution in [-0.2, 0) is 4.79 Å². The number of likely N-dealkylation sites (N-methyl/N-ethyl adjacent to an activating group) is 1. The van der Waals surface area contributed by atoms with Crippen LogP contribution in [0.15, 0.2) is 0 Å². The number of rotatable bonds is 8. The molecule has 3 nitrogen and oxygen atoms in total. The largest absolute Gasteiger partial charge is 0.477 e. The van der Waals surface area contributed by atoms with Gasteiger partial charge in [-0.1, -0.05) is 0 Å². The van der Waals surface area contributed by atoms with E-state index in [1.54, 1.807) is 0 Å². The van der Waals surface area contributed by atoms with E-state index in [1.807, 2.05) is 0 Å². The van der Waals surface area contributed by atoms with Gasteiger partial charge in [-0.3, -0.25) is 0 Å². The molecule has 0 radical (unpaired) electrons. The Balaban J connectivity index is 5.33. The van der Waals surface area contributed by atoms with Gasteiger partial charge in [-0.25, -0.2) is 9.18 Å². The molecule has 1 unspecified atom stereocenters. The predicted octanol–water partition coefficient (Wildman–Crippen LogP) is 3.34. The fourth-order valence-electron chi connectivity index (χ4n) is 1.67. The van der Waals surface area contributed by atoms with Crippen LogP contribution in [0.1, 0.15) is 6.42 Å². The van der Waals surface area contributed by atoms with Crippen LogP contribution in [0.25, 0.3) is 0 Å². The Morgan fingerprint density at radius 1 is 0.958 bits per heavy atom. The number of hydrogen-bond donors (Lipinski definition) is 1. The van der Waals surface area contributed by atoms with E-state index in [0.29, 0.717) is 0 Å². The summed E-state index contributed by atoms with van der Waals surface area (Å²) in [6, 6.07) is 0. The highest BCUT2D eigenvalue weighted by Gasteiger charge is 2.83. The molecular formula is C11H14F10NO2+. The van der Waals surface area contributed by atoms with E-state index in [-0.39, 0.29) is 0 Å². The zero-order chi connectivity index (χ0) is 19.8. The number of aliphatic carboxylic acids is 1. The van der Waals surface area contributed by atoms with Gasteiger partial charge in [0.05, 0.1) is 20.6 Å². The van der Waals surface area contributed by atoms with Gasteiger partial charge in [0.1, 0.15) is 0 Å².